The first-order valence-corrected chi connectivity index (χ1v) is 3.53. The van der Waals surface area contributed by atoms with Crippen LogP contribution in [0.4, 0.5) is 0 Å². The summed E-state index contributed by atoms with van der Waals surface area (Å²) in [5.74, 6) is 0. The zero-order valence-corrected chi connectivity index (χ0v) is 5.50. The van der Waals surface area contributed by atoms with Gasteiger partial charge in [0.1, 0.15) is 0 Å². The molecule has 0 aromatic heterocycles. The van der Waals surface area contributed by atoms with Gasteiger partial charge < -0.3 is 5.73 Å². The Morgan fingerprint density at radius 2 is 2.33 bits per heavy atom. The fourth-order valence-corrected chi connectivity index (χ4v) is 0.794. The predicted molar refractivity (Wildman–Crippen MR) is 32.9 cm³/mol. The molecule has 2 nitrogen and oxygen atoms in total. The number of rotatable bonds is 1. The smallest absolute Gasteiger partial charge is 0.273 e. The van der Waals surface area contributed by atoms with E-state index in [0.717, 1.165) is 0 Å². The number of hydrogen-bond acceptors (Lipinski definition) is 2. The van der Waals surface area contributed by atoms with Crippen molar-refractivity contribution < 1.29 is 5.73 Å². The molecule has 0 aromatic rings. The molecule has 0 bridgehead atoms. The monoisotopic (exact) mass is 139 g/mol. The minimum absolute atomic E-state index is 0.506. The van der Waals surface area contributed by atoms with Crippen LogP contribution in [0.2, 0.25) is 0 Å². The molecule has 0 aliphatic heterocycles. The van der Waals surface area contributed by atoms with E-state index < -0.39 is 0 Å². The molecule has 5 heteroatoms. The lowest BCUT2D eigenvalue weighted by atomic mass is 11.3. The second kappa shape index (κ2) is 3.56. The Labute approximate surface area is 48.0 Å². The molecule has 0 aliphatic rings. The lowest BCUT2D eigenvalue weighted by Gasteiger charge is -1.79. The Hall–Kier alpha value is 0.370. The number of nitrogens with one attached hydrogen (secondary N) is 1. The van der Waals surface area contributed by atoms with Crippen LogP contribution < -0.4 is 10.8 Å². The molecule has 34 valence electrons. The predicted octanol–water partition coefficient (Wildman–Crippen LogP) is -0.574. The maximum atomic E-state index is 4.50. The molecule has 0 saturated carbocycles. The van der Waals surface area contributed by atoms with Gasteiger partial charge in [0.2, 0.25) is 0 Å². The fourth-order valence-electron chi connectivity index (χ4n) is 0.0509. The van der Waals surface area contributed by atoms with Gasteiger partial charge in [-0.2, -0.15) is 0 Å². The van der Waals surface area contributed by atoms with Gasteiger partial charge >= 0.3 is 0 Å². The zero-order valence-electron chi connectivity index (χ0n) is 2.97. The fraction of sp³-hybridized carbons (Fsp3) is 0. The van der Waals surface area contributed by atoms with Crippen molar-refractivity contribution in [3.8, 4) is 0 Å². The molecule has 0 saturated heterocycles. The van der Waals surface area contributed by atoms with E-state index in [2.05, 4.69) is 34.8 Å². The van der Waals surface area contributed by atoms with Crippen molar-refractivity contribution in [2.75, 3.05) is 0 Å². The topological polar surface area (TPSA) is 39.7 Å². The van der Waals surface area contributed by atoms with Crippen LogP contribution in [0.5, 0.6) is 0 Å². The van der Waals surface area contributed by atoms with Crippen LogP contribution in [0.1, 0.15) is 0 Å². The number of hydrogen-bond donors (Lipinski definition) is 2. The lowest BCUT2D eigenvalue weighted by Crippen LogP contribution is -2.60. The van der Waals surface area contributed by atoms with Crippen molar-refractivity contribution in [2.45, 2.75) is 0 Å². The van der Waals surface area contributed by atoms with Crippen LogP contribution in [0.25, 0.3) is 0 Å². The molecule has 6 heavy (non-hydrogen) atoms. The quantitative estimate of drug-likeness (QED) is 0.377. The van der Waals surface area contributed by atoms with Gasteiger partial charge in [0.25, 0.3) is 5.11 Å². The minimum atomic E-state index is 0.506. The van der Waals surface area contributed by atoms with E-state index in [1.165, 1.54) is 0 Å². The van der Waals surface area contributed by atoms with E-state index >= 15 is 0 Å². The highest BCUT2D eigenvalue weighted by molar-refractivity contribution is 7.96. The van der Waals surface area contributed by atoms with Crippen molar-refractivity contribution in [2.24, 2.45) is 0 Å². The standard InChI is InChI=1S/CH3N2PS2/c2-1(5)3-4-6/h(H3,2,3,5,6)/p+1. The molecule has 0 atom stereocenters. The number of thiocarbonyl (C=S) groups is 1. The Morgan fingerprint density at radius 1 is 1.83 bits per heavy atom. The summed E-state index contributed by atoms with van der Waals surface area (Å²) in [5.41, 5.74) is 3.37. The normalized spacial score (nSPS) is 8.17. The molecule has 0 rings (SSSR count). The first-order chi connectivity index (χ1) is 2.77. The van der Waals surface area contributed by atoms with Crippen molar-refractivity contribution in [3.63, 3.8) is 0 Å². The van der Waals surface area contributed by atoms with Gasteiger partial charge in [-0.15, -0.1) is 0 Å². The molecule has 0 spiro atoms. The zero-order chi connectivity index (χ0) is 4.99. The first kappa shape index (κ1) is 6.37. The second-order valence-corrected chi connectivity index (χ2v) is 2.07. The van der Waals surface area contributed by atoms with Crippen molar-refractivity contribution in [1.82, 2.24) is 5.09 Å². The molecule has 0 aromatic carbocycles. The van der Waals surface area contributed by atoms with Crippen LogP contribution in [0, 0.1) is 0 Å². The molecular weight excluding hydrogens is 135 g/mol. The largest absolute Gasteiger partial charge is 0.300 e. The average molecular weight is 139 g/mol. The van der Waals surface area contributed by atoms with Gasteiger partial charge in [0.15, 0.2) is 0 Å². The Kier molecular flexibility index (Phi) is 3.78. The van der Waals surface area contributed by atoms with Crippen LogP contribution in [-0.2, 0) is 11.8 Å². The summed E-state index contributed by atoms with van der Waals surface area (Å²) >= 11 is 8.96. The molecular formula is CH4N2PS2+. The molecule has 0 unspecified atom stereocenters. The summed E-state index contributed by atoms with van der Waals surface area (Å²) in [5, 5.41) is 3.12. The van der Waals surface area contributed by atoms with Gasteiger partial charge in [-0.3, -0.25) is 5.09 Å². The highest BCUT2D eigenvalue weighted by Gasteiger charge is 1.78. The summed E-state index contributed by atoms with van der Waals surface area (Å²) < 4.78 is 0. The summed E-state index contributed by atoms with van der Waals surface area (Å²) in [6.07, 6.45) is 0. The molecule has 4 N–H and O–H groups in total. The van der Waals surface area contributed by atoms with Gasteiger partial charge in [-0.1, -0.05) is 0 Å². The van der Waals surface area contributed by atoms with Crippen LogP contribution in [-0.4, -0.2) is 5.11 Å². The van der Waals surface area contributed by atoms with Crippen molar-refractivity contribution in [1.29, 1.82) is 0 Å². The van der Waals surface area contributed by atoms with E-state index in [4.69, 9.17) is 0 Å². The van der Waals surface area contributed by atoms with Gasteiger partial charge in [-0.25, -0.2) is 0 Å². The van der Waals surface area contributed by atoms with Gasteiger partial charge in [0, 0.05) is 12.2 Å². The summed E-state index contributed by atoms with van der Waals surface area (Å²) in [4.78, 5) is 0. The third-order valence-corrected chi connectivity index (χ3v) is 1.06. The van der Waals surface area contributed by atoms with E-state index in [9.17, 15) is 0 Å². The molecule has 0 amide bonds. The second-order valence-electron chi connectivity index (χ2n) is 0.626. The van der Waals surface area contributed by atoms with Crippen LogP contribution in [0.15, 0.2) is 0 Å². The maximum absolute atomic E-state index is 4.50. The van der Waals surface area contributed by atoms with Crippen molar-refractivity contribution in [3.05, 3.63) is 0 Å². The van der Waals surface area contributed by atoms with Gasteiger partial charge in [0.05, 0.1) is 7.51 Å². The van der Waals surface area contributed by atoms with Crippen LogP contribution in [0.3, 0.4) is 0 Å². The van der Waals surface area contributed by atoms with Crippen molar-refractivity contribution >= 4 is 36.6 Å². The molecule has 0 aliphatic carbocycles. The first-order valence-electron chi connectivity index (χ1n) is 1.21. The Balaban J connectivity index is 3.05. The highest BCUT2D eigenvalue weighted by Crippen LogP contribution is 1.74. The molecule has 0 radical (unpaired) electrons. The lowest BCUT2D eigenvalue weighted by molar-refractivity contribution is -0.212. The van der Waals surface area contributed by atoms with E-state index in [1.54, 1.807) is 0 Å². The maximum Gasteiger partial charge on any atom is 0.273 e. The third kappa shape index (κ3) is 4.37. The van der Waals surface area contributed by atoms with E-state index in [1.807, 2.05) is 0 Å². The van der Waals surface area contributed by atoms with Gasteiger partial charge in [-0.05, 0) is 11.8 Å². The highest BCUT2D eigenvalue weighted by atomic mass is 32.4. The summed E-state index contributed by atoms with van der Waals surface area (Å²) in [6, 6.07) is 0. The Bertz CT molecular complexity index is 71.9. The summed E-state index contributed by atoms with van der Waals surface area (Å²) in [6.45, 7) is 0. The molecule has 0 fully saturated rings. The minimum Gasteiger partial charge on any atom is -0.300 e. The Morgan fingerprint density at radius 3 is 2.33 bits per heavy atom. The SMILES string of the molecule is [NH3+]C(=S)NP=S. The van der Waals surface area contributed by atoms with Crippen LogP contribution >= 0.6 is 19.7 Å². The molecule has 0 heterocycles. The summed E-state index contributed by atoms with van der Waals surface area (Å²) in [7, 11) is 0.654. The van der Waals surface area contributed by atoms with E-state index in [0.29, 0.717) is 12.6 Å². The van der Waals surface area contributed by atoms with E-state index in [-0.39, 0.29) is 0 Å². The third-order valence-electron chi connectivity index (χ3n) is 0.170. The average Bonchev–Trinajstić information content (AvgIpc) is 1.35. The number of quaternary nitrogens is 1.